The average Bonchev–Trinajstić information content (AvgIpc) is 3.42. The summed E-state index contributed by atoms with van der Waals surface area (Å²) in [5, 5.41) is 23.2. The molecule has 0 saturated carbocycles. The molecule has 0 saturated heterocycles. The Kier molecular flexibility index (Phi) is 63.5. The number of ether oxygens (including phenoxy) is 1. The van der Waals surface area contributed by atoms with Gasteiger partial charge in [0.25, 0.3) is 0 Å². The molecule has 0 spiro atoms. The van der Waals surface area contributed by atoms with E-state index in [1.165, 1.54) is 283 Å². The fourth-order valence-electron chi connectivity index (χ4n) is 10.4. The smallest absolute Gasteiger partial charge is 0.305 e. The molecule has 0 rings (SSSR count). The first kappa shape index (κ1) is 73.8. The quantitative estimate of drug-likeness (QED) is 0.0320. The number of amides is 1. The van der Waals surface area contributed by atoms with Gasteiger partial charge in [-0.3, -0.25) is 9.59 Å². The Morgan fingerprint density at radius 1 is 0.368 bits per heavy atom. The highest BCUT2D eigenvalue weighted by molar-refractivity contribution is 5.76. The molecule has 6 nitrogen and oxygen atoms in total. The van der Waals surface area contributed by atoms with Gasteiger partial charge in [0.15, 0.2) is 0 Å². The van der Waals surface area contributed by atoms with E-state index in [-0.39, 0.29) is 18.5 Å². The van der Waals surface area contributed by atoms with Crippen LogP contribution in [-0.4, -0.2) is 47.4 Å². The lowest BCUT2D eigenvalue weighted by atomic mass is 10.0. The van der Waals surface area contributed by atoms with E-state index in [1.54, 1.807) is 6.08 Å². The van der Waals surface area contributed by atoms with E-state index in [0.717, 1.165) is 51.4 Å². The van der Waals surface area contributed by atoms with Crippen LogP contribution < -0.4 is 5.32 Å². The van der Waals surface area contributed by atoms with Gasteiger partial charge in [0.05, 0.1) is 25.4 Å². The summed E-state index contributed by atoms with van der Waals surface area (Å²) in [5.74, 6) is -0.0729. The summed E-state index contributed by atoms with van der Waals surface area (Å²) in [6, 6.07) is -0.634. The molecule has 0 heterocycles. The van der Waals surface area contributed by atoms with Crippen LogP contribution in [0.2, 0.25) is 0 Å². The van der Waals surface area contributed by atoms with Crippen LogP contribution >= 0.6 is 0 Å². The van der Waals surface area contributed by atoms with Gasteiger partial charge in [-0.05, 0) is 89.9 Å². The number of carbonyl (C=O) groups excluding carboxylic acids is 2. The topological polar surface area (TPSA) is 95.9 Å². The number of esters is 1. The molecule has 6 heteroatoms. The van der Waals surface area contributed by atoms with Crippen LogP contribution in [0.5, 0.6) is 0 Å². The zero-order chi connectivity index (χ0) is 55.0. The Labute approximate surface area is 474 Å². The van der Waals surface area contributed by atoms with Crippen molar-refractivity contribution in [2.75, 3.05) is 13.2 Å². The van der Waals surface area contributed by atoms with Crippen LogP contribution in [0, 0.1) is 0 Å². The average molecular weight is 1070 g/mol. The number of hydrogen-bond acceptors (Lipinski definition) is 5. The second-order valence-electron chi connectivity index (χ2n) is 23.1. The molecular weight excluding hydrogens is 935 g/mol. The molecule has 3 N–H and O–H groups in total. The van der Waals surface area contributed by atoms with Gasteiger partial charge in [-0.15, -0.1) is 0 Å². The zero-order valence-electron chi connectivity index (χ0n) is 51.0. The highest BCUT2D eigenvalue weighted by Gasteiger charge is 2.18. The second-order valence-corrected chi connectivity index (χ2v) is 23.1. The summed E-state index contributed by atoms with van der Waals surface area (Å²) < 4.78 is 5.46. The lowest BCUT2D eigenvalue weighted by molar-refractivity contribution is -0.143. The maximum Gasteiger partial charge on any atom is 0.305 e. The molecule has 76 heavy (non-hydrogen) atoms. The minimum absolute atomic E-state index is 0.00158. The monoisotopic (exact) mass is 1070 g/mol. The number of carbonyl (C=O) groups is 2. The number of rotatable bonds is 63. The van der Waals surface area contributed by atoms with Crippen molar-refractivity contribution < 1.29 is 24.5 Å². The van der Waals surface area contributed by atoms with Crippen LogP contribution in [0.4, 0.5) is 0 Å². The van der Waals surface area contributed by atoms with Crippen LogP contribution in [0.3, 0.4) is 0 Å². The Morgan fingerprint density at radius 2 is 0.658 bits per heavy atom. The molecule has 0 radical (unpaired) electrons. The number of aliphatic hydroxyl groups is 2. The maximum absolute atomic E-state index is 12.5. The summed E-state index contributed by atoms with van der Waals surface area (Å²) in [7, 11) is 0. The summed E-state index contributed by atoms with van der Waals surface area (Å²) >= 11 is 0. The van der Waals surface area contributed by atoms with Crippen molar-refractivity contribution in [1.82, 2.24) is 5.32 Å². The maximum atomic E-state index is 12.5. The second kappa shape index (κ2) is 65.3. The van der Waals surface area contributed by atoms with Gasteiger partial charge in [0, 0.05) is 12.8 Å². The predicted octanol–water partition coefficient (Wildman–Crippen LogP) is 21.7. The standard InChI is InChI=1S/C70H131NO5/c1-3-5-7-9-11-13-15-17-18-19-20-21-27-30-33-36-39-42-46-50-54-58-62-68(73)67(66-72)71-69(74)63-59-55-51-47-43-40-37-34-31-28-25-23-22-24-26-29-32-35-38-41-45-49-53-57-61-65-76-70(75)64-60-56-52-48-44-16-14-12-10-8-6-4-2/h12,14,23-26,58,62,67-68,72-73H,3-11,13,15-22,27-57,59-61,63-66H2,1-2H3,(H,71,74)/b14-12-,25-23-,26-24-,62-58+. The van der Waals surface area contributed by atoms with Gasteiger partial charge in [-0.1, -0.05) is 306 Å². The zero-order valence-corrected chi connectivity index (χ0v) is 51.0. The largest absolute Gasteiger partial charge is 0.466 e. The van der Waals surface area contributed by atoms with E-state index in [9.17, 15) is 19.8 Å². The Balaban J connectivity index is 3.47. The highest BCUT2D eigenvalue weighted by atomic mass is 16.5. The number of unbranched alkanes of at least 4 members (excludes halogenated alkanes) is 46. The first-order chi connectivity index (χ1) is 37.5. The Hall–Kier alpha value is -2.18. The Bertz CT molecular complexity index is 1270. The van der Waals surface area contributed by atoms with Crippen molar-refractivity contribution in [3.8, 4) is 0 Å². The third kappa shape index (κ3) is 61.0. The van der Waals surface area contributed by atoms with Gasteiger partial charge < -0.3 is 20.3 Å². The van der Waals surface area contributed by atoms with Crippen molar-refractivity contribution in [2.24, 2.45) is 0 Å². The first-order valence-electron chi connectivity index (χ1n) is 33.9. The highest BCUT2D eigenvalue weighted by Crippen LogP contribution is 2.17. The Morgan fingerprint density at radius 3 is 1.04 bits per heavy atom. The fraction of sp³-hybridized carbons (Fsp3) is 0.857. The molecule has 0 aliphatic carbocycles. The third-order valence-corrected chi connectivity index (χ3v) is 15.6. The minimum Gasteiger partial charge on any atom is -0.466 e. The molecular formula is C70H131NO5. The van der Waals surface area contributed by atoms with Crippen molar-refractivity contribution in [1.29, 1.82) is 0 Å². The fourth-order valence-corrected chi connectivity index (χ4v) is 10.4. The van der Waals surface area contributed by atoms with E-state index < -0.39 is 12.1 Å². The van der Waals surface area contributed by atoms with E-state index in [0.29, 0.717) is 19.4 Å². The van der Waals surface area contributed by atoms with Crippen molar-refractivity contribution >= 4 is 11.9 Å². The van der Waals surface area contributed by atoms with Crippen LogP contribution in [-0.2, 0) is 14.3 Å². The van der Waals surface area contributed by atoms with E-state index in [1.807, 2.05) is 6.08 Å². The number of nitrogens with one attached hydrogen (secondary N) is 1. The van der Waals surface area contributed by atoms with Gasteiger partial charge in [0.2, 0.25) is 5.91 Å². The molecule has 0 aliphatic heterocycles. The molecule has 0 aromatic rings. The van der Waals surface area contributed by atoms with E-state index in [4.69, 9.17) is 4.74 Å². The van der Waals surface area contributed by atoms with Gasteiger partial charge >= 0.3 is 5.97 Å². The van der Waals surface area contributed by atoms with Crippen molar-refractivity contribution in [3.63, 3.8) is 0 Å². The molecule has 0 fully saturated rings. The summed E-state index contributed by atoms with van der Waals surface area (Å²) in [4.78, 5) is 24.5. The molecule has 2 unspecified atom stereocenters. The predicted molar refractivity (Wildman–Crippen MR) is 333 cm³/mol. The molecule has 1 amide bonds. The number of aliphatic hydroxyl groups excluding tert-OH is 2. The molecule has 0 aromatic carbocycles. The van der Waals surface area contributed by atoms with Gasteiger partial charge in [-0.25, -0.2) is 0 Å². The van der Waals surface area contributed by atoms with E-state index in [2.05, 4.69) is 55.6 Å². The van der Waals surface area contributed by atoms with E-state index >= 15 is 0 Å². The first-order valence-corrected chi connectivity index (χ1v) is 33.9. The summed E-state index contributed by atoms with van der Waals surface area (Å²) in [5.41, 5.74) is 0. The number of allylic oxidation sites excluding steroid dienone is 7. The van der Waals surface area contributed by atoms with Crippen LogP contribution in [0.1, 0.15) is 361 Å². The van der Waals surface area contributed by atoms with Crippen molar-refractivity contribution in [3.05, 3.63) is 48.6 Å². The molecule has 0 bridgehead atoms. The van der Waals surface area contributed by atoms with Crippen LogP contribution in [0.25, 0.3) is 0 Å². The summed E-state index contributed by atoms with van der Waals surface area (Å²) in [6.07, 6.45) is 84.6. The SMILES string of the molecule is CCCCC/C=C\CCCCCCCC(=O)OCCCCCCCCCCC/C=C\C/C=C\CCCCCCCCCCCC(=O)NC(CO)C(O)/C=C/CCCCCCCCCCCCCCCCCCCCCC. The summed E-state index contributed by atoms with van der Waals surface area (Å²) in [6.45, 7) is 4.89. The molecule has 446 valence electrons. The molecule has 0 aliphatic rings. The van der Waals surface area contributed by atoms with Crippen molar-refractivity contribution in [2.45, 2.75) is 373 Å². The number of hydrogen-bond donors (Lipinski definition) is 3. The lowest BCUT2D eigenvalue weighted by Crippen LogP contribution is -2.45. The van der Waals surface area contributed by atoms with Crippen LogP contribution in [0.15, 0.2) is 48.6 Å². The third-order valence-electron chi connectivity index (χ3n) is 15.6. The molecule has 0 aromatic heterocycles. The lowest BCUT2D eigenvalue weighted by Gasteiger charge is -2.20. The normalized spacial score (nSPS) is 12.8. The minimum atomic E-state index is -0.850. The van der Waals surface area contributed by atoms with Gasteiger partial charge in [-0.2, -0.15) is 0 Å². The van der Waals surface area contributed by atoms with Gasteiger partial charge in [0.1, 0.15) is 0 Å². The molecule has 2 atom stereocenters.